The highest BCUT2D eigenvalue weighted by Crippen LogP contribution is 2.29. The lowest BCUT2D eigenvalue weighted by Crippen LogP contribution is -2.22. The zero-order chi connectivity index (χ0) is 13.0. The maximum absolute atomic E-state index is 13.2. The van der Waals surface area contributed by atoms with Crippen LogP contribution in [-0.2, 0) is 0 Å². The molecule has 0 fully saturated rings. The molecule has 0 radical (unpaired) electrons. The molecule has 2 atom stereocenters. The van der Waals surface area contributed by atoms with Gasteiger partial charge in [0.1, 0.15) is 5.82 Å². The van der Waals surface area contributed by atoms with Crippen LogP contribution in [-0.4, -0.2) is 12.0 Å². The second kappa shape index (κ2) is 5.74. The first-order valence-electron chi connectivity index (χ1n) is 6.05. The van der Waals surface area contributed by atoms with Gasteiger partial charge in [-0.05, 0) is 24.2 Å². The molecular formula is C15H17FN2. The number of nitrogens with one attached hydrogen (secondary N) is 1. The van der Waals surface area contributed by atoms with E-state index < -0.39 is 0 Å². The van der Waals surface area contributed by atoms with Crippen LogP contribution < -0.4 is 5.32 Å². The predicted molar refractivity (Wildman–Crippen MR) is 70.9 cm³/mol. The summed E-state index contributed by atoms with van der Waals surface area (Å²) in [5.41, 5.74) is 2.09. The van der Waals surface area contributed by atoms with Gasteiger partial charge in [0.25, 0.3) is 0 Å². The number of benzene rings is 1. The van der Waals surface area contributed by atoms with Crippen LogP contribution in [0, 0.1) is 5.82 Å². The van der Waals surface area contributed by atoms with E-state index in [0.717, 1.165) is 5.56 Å². The first-order valence-corrected chi connectivity index (χ1v) is 6.05. The van der Waals surface area contributed by atoms with Gasteiger partial charge in [0, 0.05) is 18.2 Å². The SMILES string of the molecule is CNC(c1cncc(F)c1)C(C)c1ccccc1. The van der Waals surface area contributed by atoms with Gasteiger partial charge in [-0.2, -0.15) is 0 Å². The van der Waals surface area contributed by atoms with E-state index >= 15 is 0 Å². The lowest BCUT2D eigenvalue weighted by Gasteiger charge is -2.24. The Hall–Kier alpha value is -1.74. The second-order valence-corrected chi connectivity index (χ2v) is 4.40. The van der Waals surface area contributed by atoms with E-state index in [1.807, 2.05) is 25.2 Å². The van der Waals surface area contributed by atoms with Crippen molar-refractivity contribution in [1.29, 1.82) is 0 Å². The van der Waals surface area contributed by atoms with Crippen LogP contribution in [0.3, 0.4) is 0 Å². The van der Waals surface area contributed by atoms with Crippen molar-refractivity contribution in [2.24, 2.45) is 0 Å². The molecule has 0 aliphatic heterocycles. The highest BCUT2D eigenvalue weighted by Gasteiger charge is 2.19. The molecule has 0 spiro atoms. The first kappa shape index (κ1) is 12.7. The average molecular weight is 244 g/mol. The molecule has 94 valence electrons. The quantitative estimate of drug-likeness (QED) is 0.892. The molecule has 1 aromatic carbocycles. The van der Waals surface area contributed by atoms with Gasteiger partial charge in [-0.1, -0.05) is 37.3 Å². The largest absolute Gasteiger partial charge is 0.312 e. The Morgan fingerprint density at radius 1 is 1.11 bits per heavy atom. The van der Waals surface area contributed by atoms with Gasteiger partial charge in [-0.3, -0.25) is 4.98 Å². The molecule has 0 saturated heterocycles. The van der Waals surface area contributed by atoms with E-state index in [4.69, 9.17) is 0 Å². The summed E-state index contributed by atoms with van der Waals surface area (Å²) in [6, 6.07) is 11.8. The van der Waals surface area contributed by atoms with Crippen molar-refractivity contribution in [3.63, 3.8) is 0 Å². The molecule has 2 nitrogen and oxygen atoms in total. The molecule has 0 aliphatic rings. The fraction of sp³-hybridized carbons (Fsp3) is 0.267. The molecule has 2 unspecified atom stereocenters. The van der Waals surface area contributed by atoms with Crippen molar-refractivity contribution in [3.8, 4) is 0 Å². The molecular weight excluding hydrogens is 227 g/mol. The highest BCUT2D eigenvalue weighted by molar-refractivity contribution is 5.26. The van der Waals surface area contributed by atoms with E-state index in [9.17, 15) is 4.39 Å². The van der Waals surface area contributed by atoms with E-state index in [0.29, 0.717) is 0 Å². The number of hydrogen-bond donors (Lipinski definition) is 1. The molecule has 2 rings (SSSR count). The summed E-state index contributed by atoms with van der Waals surface area (Å²) in [6.45, 7) is 2.13. The zero-order valence-electron chi connectivity index (χ0n) is 10.6. The minimum absolute atomic E-state index is 0.0515. The van der Waals surface area contributed by atoms with Crippen LogP contribution in [0.4, 0.5) is 4.39 Å². The Bertz CT molecular complexity index is 499. The smallest absolute Gasteiger partial charge is 0.141 e. The molecule has 0 saturated carbocycles. The number of hydrogen-bond acceptors (Lipinski definition) is 2. The summed E-state index contributed by atoms with van der Waals surface area (Å²) in [5.74, 6) is -0.0483. The van der Waals surface area contributed by atoms with E-state index in [-0.39, 0.29) is 17.8 Å². The summed E-state index contributed by atoms with van der Waals surface area (Å²) in [6.07, 6.45) is 2.94. The van der Waals surface area contributed by atoms with Crippen molar-refractivity contribution < 1.29 is 4.39 Å². The van der Waals surface area contributed by atoms with Crippen molar-refractivity contribution in [1.82, 2.24) is 10.3 Å². The minimum atomic E-state index is -0.298. The van der Waals surface area contributed by atoms with Gasteiger partial charge in [0.05, 0.1) is 6.20 Å². The Morgan fingerprint density at radius 3 is 2.44 bits per heavy atom. The minimum Gasteiger partial charge on any atom is -0.312 e. The molecule has 2 aromatic rings. The third-order valence-corrected chi connectivity index (χ3v) is 3.22. The summed E-state index contributed by atoms with van der Waals surface area (Å²) in [5, 5.41) is 3.24. The third-order valence-electron chi connectivity index (χ3n) is 3.22. The molecule has 0 aliphatic carbocycles. The molecule has 1 heterocycles. The average Bonchev–Trinajstić information content (AvgIpc) is 2.40. The van der Waals surface area contributed by atoms with Gasteiger partial charge in [-0.15, -0.1) is 0 Å². The number of rotatable bonds is 4. The third kappa shape index (κ3) is 2.74. The summed E-state index contributed by atoms with van der Waals surface area (Å²) in [7, 11) is 1.88. The number of halogens is 1. The molecule has 3 heteroatoms. The predicted octanol–water partition coefficient (Wildman–Crippen LogP) is 3.28. The van der Waals surface area contributed by atoms with Gasteiger partial charge < -0.3 is 5.32 Å². The molecule has 1 aromatic heterocycles. The molecule has 18 heavy (non-hydrogen) atoms. The number of likely N-dealkylation sites (N-methyl/N-ethyl adjacent to an activating group) is 1. The number of pyridine rings is 1. The fourth-order valence-electron chi connectivity index (χ4n) is 2.25. The van der Waals surface area contributed by atoms with Gasteiger partial charge in [-0.25, -0.2) is 4.39 Å². The monoisotopic (exact) mass is 244 g/mol. The molecule has 0 bridgehead atoms. The topological polar surface area (TPSA) is 24.9 Å². The van der Waals surface area contributed by atoms with Gasteiger partial charge in [0.15, 0.2) is 0 Å². The molecule has 0 amide bonds. The standard InChI is InChI=1S/C15H17FN2/c1-11(12-6-4-3-5-7-12)15(17-2)13-8-14(16)10-18-9-13/h3-11,15,17H,1-2H3. The normalized spacial score (nSPS) is 14.2. The highest BCUT2D eigenvalue weighted by atomic mass is 19.1. The first-order chi connectivity index (χ1) is 8.72. The van der Waals surface area contributed by atoms with Crippen molar-refractivity contribution in [2.75, 3.05) is 7.05 Å². The van der Waals surface area contributed by atoms with E-state index in [1.165, 1.54) is 17.8 Å². The Balaban J connectivity index is 2.29. The van der Waals surface area contributed by atoms with Gasteiger partial charge >= 0.3 is 0 Å². The van der Waals surface area contributed by atoms with E-state index in [1.54, 1.807) is 6.20 Å². The van der Waals surface area contributed by atoms with Crippen LogP contribution in [0.2, 0.25) is 0 Å². The van der Waals surface area contributed by atoms with Crippen LogP contribution in [0.15, 0.2) is 48.8 Å². The Morgan fingerprint density at radius 2 is 1.83 bits per heavy atom. The lowest BCUT2D eigenvalue weighted by molar-refractivity contribution is 0.501. The lowest BCUT2D eigenvalue weighted by atomic mass is 9.89. The summed E-state index contributed by atoms with van der Waals surface area (Å²) in [4.78, 5) is 3.91. The van der Waals surface area contributed by atoms with Crippen molar-refractivity contribution in [2.45, 2.75) is 18.9 Å². The zero-order valence-corrected chi connectivity index (χ0v) is 10.6. The Labute approximate surface area is 107 Å². The van der Waals surface area contributed by atoms with Crippen LogP contribution in [0.5, 0.6) is 0 Å². The van der Waals surface area contributed by atoms with Crippen molar-refractivity contribution in [3.05, 3.63) is 65.7 Å². The van der Waals surface area contributed by atoms with Crippen LogP contribution in [0.1, 0.15) is 30.0 Å². The number of aromatic nitrogens is 1. The van der Waals surface area contributed by atoms with Crippen LogP contribution >= 0.6 is 0 Å². The molecule has 1 N–H and O–H groups in total. The summed E-state index contributed by atoms with van der Waals surface area (Å²) < 4.78 is 13.2. The van der Waals surface area contributed by atoms with Crippen LogP contribution in [0.25, 0.3) is 0 Å². The maximum atomic E-state index is 13.2. The maximum Gasteiger partial charge on any atom is 0.141 e. The van der Waals surface area contributed by atoms with Crippen molar-refractivity contribution >= 4 is 0 Å². The second-order valence-electron chi connectivity index (χ2n) is 4.40. The summed E-state index contributed by atoms with van der Waals surface area (Å²) >= 11 is 0. The fourth-order valence-corrected chi connectivity index (χ4v) is 2.25. The Kier molecular flexibility index (Phi) is 4.05. The van der Waals surface area contributed by atoms with E-state index in [2.05, 4.69) is 29.4 Å². The van der Waals surface area contributed by atoms with Gasteiger partial charge in [0.2, 0.25) is 0 Å². The number of nitrogens with zero attached hydrogens (tertiary/aromatic N) is 1.